The Morgan fingerprint density at radius 2 is 2.05 bits per heavy atom. The number of aromatic nitrogens is 2. The van der Waals surface area contributed by atoms with E-state index in [9.17, 15) is 0 Å². The minimum atomic E-state index is 0.410. The molecule has 1 aliphatic rings. The maximum absolute atomic E-state index is 4.09. The molecule has 106 valence electrons. The Morgan fingerprint density at radius 1 is 1.10 bits per heavy atom. The van der Waals surface area contributed by atoms with Crippen LogP contribution in [-0.4, -0.2) is 10.2 Å². The summed E-state index contributed by atoms with van der Waals surface area (Å²) >= 11 is 0. The van der Waals surface area contributed by atoms with Crippen LogP contribution in [0.1, 0.15) is 36.4 Å². The van der Waals surface area contributed by atoms with Crippen LogP contribution in [0.2, 0.25) is 0 Å². The van der Waals surface area contributed by atoms with Gasteiger partial charge in [0.05, 0.1) is 17.8 Å². The summed E-state index contributed by atoms with van der Waals surface area (Å²) < 4.78 is 0. The van der Waals surface area contributed by atoms with Gasteiger partial charge in [0.2, 0.25) is 0 Å². The first kappa shape index (κ1) is 12.5. The summed E-state index contributed by atoms with van der Waals surface area (Å²) in [5.41, 5.74) is 5.21. The molecule has 2 N–H and O–H groups in total. The minimum Gasteiger partial charge on any atom is -0.378 e. The number of aryl methyl sites for hydroxylation is 1. The third kappa shape index (κ3) is 2.40. The molecule has 3 aromatic rings. The average Bonchev–Trinajstić information content (AvgIpc) is 2.89. The molecule has 2 aromatic carbocycles. The maximum atomic E-state index is 4.09. The Hall–Kier alpha value is -2.29. The topological polar surface area (TPSA) is 40.7 Å². The Balaban J connectivity index is 1.66. The highest BCUT2D eigenvalue weighted by molar-refractivity contribution is 5.81. The van der Waals surface area contributed by atoms with Crippen LogP contribution in [0.5, 0.6) is 0 Å². The predicted octanol–water partition coefficient (Wildman–Crippen LogP) is 4.44. The highest BCUT2D eigenvalue weighted by Crippen LogP contribution is 2.32. The lowest BCUT2D eigenvalue weighted by Gasteiger charge is -2.20. The number of fused-ring (bicyclic) bond motifs is 2. The second-order valence-corrected chi connectivity index (χ2v) is 5.81. The summed E-state index contributed by atoms with van der Waals surface area (Å²) in [6.07, 6.45) is 6.84. The second kappa shape index (κ2) is 5.24. The van der Waals surface area contributed by atoms with Gasteiger partial charge in [0, 0.05) is 11.1 Å². The Kier molecular flexibility index (Phi) is 3.11. The molecule has 1 heterocycles. The van der Waals surface area contributed by atoms with Crippen molar-refractivity contribution >= 4 is 16.6 Å². The molecule has 0 amide bonds. The third-order valence-electron chi connectivity index (χ3n) is 4.40. The van der Waals surface area contributed by atoms with E-state index in [2.05, 4.69) is 58.0 Å². The van der Waals surface area contributed by atoms with Crippen molar-refractivity contribution in [1.29, 1.82) is 0 Å². The van der Waals surface area contributed by atoms with Crippen LogP contribution in [0.3, 0.4) is 0 Å². The summed E-state index contributed by atoms with van der Waals surface area (Å²) in [6.45, 7) is 0. The van der Waals surface area contributed by atoms with Crippen molar-refractivity contribution in [3.05, 3.63) is 59.8 Å². The van der Waals surface area contributed by atoms with Gasteiger partial charge in [0.25, 0.3) is 0 Å². The van der Waals surface area contributed by atoms with E-state index < -0.39 is 0 Å². The smallest absolute Gasteiger partial charge is 0.0651 e. The normalized spacial score (nSPS) is 18.2. The van der Waals surface area contributed by atoms with Crippen molar-refractivity contribution in [2.24, 2.45) is 0 Å². The van der Waals surface area contributed by atoms with Crippen LogP contribution in [-0.2, 0) is 6.42 Å². The standard InChI is InChI=1S/C18H19N3/c1-3-7-16-13(5-1)6-2-4-8-18(16)20-15-9-10-17-14(11-15)12-19-21-17/h1,3,5,7,9-12,18,20H,2,4,6,8H2,(H,19,21). The number of rotatable bonds is 2. The first-order valence-corrected chi connectivity index (χ1v) is 7.68. The molecule has 0 bridgehead atoms. The molecule has 0 spiro atoms. The van der Waals surface area contributed by atoms with Crippen molar-refractivity contribution in [2.45, 2.75) is 31.7 Å². The summed E-state index contributed by atoms with van der Waals surface area (Å²) in [4.78, 5) is 0. The first-order valence-electron chi connectivity index (χ1n) is 7.68. The zero-order valence-corrected chi connectivity index (χ0v) is 12.0. The molecule has 4 rings (SSSR count). The molecule has 21 heavy (non-hydrogen) atoms. The number of hydrogen-bond acceptors (Lipinski definition) is 2. The van der Waals surface area contributed by atoms with Crippen LogP contribution in [0.25, 0.3) is 10.9 Å². The van der Waals surface area contributed by atoms with Crippen molar-refractivity contribution in [1.82, 2.24) is 10.2 Å². The van der Waals surface area contributed by atoms with Crippen molar-refractivity contribution in [2.75, 3.05) is 5.32 Å². The van der Waals surface area contributed by atoms with E-state index in [1.54, 1.807) is 0 Å². The SMILES string of the molecule is c1ccc2c(c1)CCCCC2Nc1ccc2[nH]ncc2c1. The van der Waals surface area contributed by atoms with Crippen molar-refractivity contribution in [3.63, 3.8) is 0 Å². The molecule has 0 aliphatic heterocycles. The zero-order valence-electron chi connectivity index (χ0n) is 12.0. The predicted molar refractivity (Wildman–Crippen MR) is 86.5 cm³/mol. The van der Waals surface area contributed by atoms with E-state index in [1.807, 2.05) is 6.20 Å². The fourth-order valence-electron chi connectivity index (χ4n) is 3.30. The number of hydrogen-bond donors (Lipinski definition) is 2. The molecular formula is C18H19N3. The van der Waals surface area contributed by atoms with E-state index in [1.165, 1.54) is 42.5 Å². The Bertz CT molecular complexity index is 760. The highest BCUT2D eigenvalue weighted by atomic mass is 15.1. The molecule has 1 unspecified atom stereocenters. The van der Waals surface area contributed by atoms with Gasteiger partial charge in [-0.2, -0.15) is 5.10 Å². The third-order valence-corrected chi connectivity index (χ3v) is 4.40. The van der Waals surface area contributed by atoms with Gasteiger partial charge in [-0.25, -0.2) is 0 Å². The van der Waals surface area contributed by atoms with Gasteiger partial charge in [0.1, 0.15) is 0 Å². The molecular weight excluding hydrogens is 258 g/mol. The summed E-state index contributed by atoms with van der Waals surface area (Å²) in [6, 6.07) is 15.7. The summed E-state index contributed by atoms with van der Waals surface area (Å²) in [7, 11) is 0. The molecule has 1 aromatic heterocycles. The van der Waals surface area contributed by atoms with Gasteiger partial charge < -0.3 is 5.32 Å². The minimum absolute atomic E-state index is 0.410. The van der Waals surface area contributed by atoms with Crippen LogP contribution in [0.15, 0.2) is 48.7 Å². The monoisotopic (exact) mass is 277 g/mol. The highest BCUT2D eigenvalue weighted by Gasteiger charge is 2.18. The molecule has 3 heteroatoms. The molecule has 0 saturated carbocycles. The molecule has 0 saturated heterocycles. The zero-order chi connectivity index (χ0) is 14.1. The van der Waals surface area contributed by atoms with Gasteiger partial charge in [-0.15, -0.1) is 0 Å². The lowest BCUT2D eigenvalue weighted by Crippen LogP contribution is -2.11. The quantitative estimate of drug-likeness (QED) is 0.680. The van der Waals surface area contributed by atoms with Gasteiger partial charge in [-0.05, 0) is 48.6 Å². The lowest BCUT2D eigenvalue weighted by atomic mass is 9.99. The fourth-order valence-corrected chi connectivity index (χ4v) is 3.30. The van der Waals surface area contributed by atoms with Crippen LogP contribution in [0, 0.1) is 0 Å². The van der Waals surface area contributed by atoms with E-state index >= 15 is 0 Å². The van der Waals surface area contributed by atoms with Crippen LogP contribution < -0.4 is 5.32 Å². The maximum Gasteiger partial charge on any atom is 0.0651 e. The lowest BCUT2D eigenvalue weighted by molar-refractivity contribution is 0.644. The summed E-state index contributed by atoms with van der Waals surface area (Å²) in [5.74, 6) is 0. The Morgan fingerprint density at radius 3 is 3.05 bits per heavy atom. The van der Waals surface area contributed by atoms with E-state index in [0.29, 0.717) is 6.04 Å². The molecule has 1 aliphatic carbocycles. The summed E-state index contributed by atoms with van der Waals surface area (Å²) in [5, 5.41) is 12.0. The first-order chi connectivity index (χ1) is 10.4. The van der Waals surface area contributed by atoms with E-state index in [0.717, 1.165) is 10.9 Å². The van der Waals surface area contributed by atoms with Gasteiger partial charge in [-0.3, -0.25) is 5.10 Å². The van der Waals surface area contributed by atoms with Gasteiger partial charge >= 0.3 is 0 Å². The van der Waals surface area contributed by atoms with Crippen molar-refractivity contribution in [3.8, 4) is 0 Å². The van der Waals surface area contributed by atoms with Gasteiger partial charge in [-0.1, -0.05) is 30.7 Å². The van der Waals surface area contributed by atoms with E-state index in [4.69, 9.17) is 0 Å². The fraction of sp³-hybridized carbons (Fsp3) is 0.278. The van der Waals surface area contributed by atoms with Crippen LogP contribution in [0.4, 0.5) is 5.69 Å². The number of aromatic amines is 1. The average molecular weight is 277 g/mol. The van der Waals surface area contributed by atoms with E-state index in [-0.39, 0.29) is 0 Å². The Labute approximate surface area is 124 Å². The molecule has 0 fully saturated rings. The number of benzene rings is 2. The van der Waals surface area contributed by atoms with Crippen molar-refractivity contribution < 1.29 is 0 Å². The number of nitrogens with one attached hydrogen (secondary N) is 2. The molecule has 1 atom stereocenters. The number of anilines is 1. The number of H-pyrrole nitrogens is 1. The number of nitrogens with zero attached hydrogens (tertiary/aromatic N) is 1. The largest absolute Gasteiger partial charge is 0.378 e. The second-order valence-electron chi connectivity index (χ2n) is 5.81. The van der Waals surface area contributed by atoms with Gasteiger partial charge in [0.15, 0.2) is 0 Å². The molecule has 3 nitrogen and oxygen atoms in total. The van der Waals surface area contributed by atoms with Crippen LogP contribution >= 0.6 is 0 Å². The molecule has 0 radical (unpaired) electrons.